The third-order valence-corrected chi connectivity index (χ3v) is 0. The van der Waals surface area contributed by atoms with E-state index in [9.17, 15) is 0 Å². The van der Waals surface area contributed by atoms with Gasteiger partial charge in [-0.15, -0.1) is 4.91 Å². The quantitative estimate of drug-likeness (QED) is 0.197. The molecule has 0 radical (unpaired) electrons. The fraction of sp³-hybridized carbons (Fsp3) is 0. The molecule has 0 spiro atoms. The van der Waals surface area contributed by atoms with Gasteiger partial charge in [0.15, 0.2) is 5.34 Å². The summed E-state index contributed by atoms with van der Waals surface area (Å²) < 4.78 is 0. The van der Waals surface area contributed by atoms with E-state index in [4.69, 9.17) is 10.1 Å². The van der Waals surface area contributed by atoms with Gasteiger partial charge in [-0.3, -0.25) is 0 Å². The van der Waals surface area contributed by atoms with Crippen LogP contribution in [0.5, 0.6) is 0 Å². The van der Waals surface area contributed by atoms with Crippen LogP contribution < -0.4 is 63.8 Å². The molecule has 0 saturated carbocycles. The first kappa shape index (κ1) is 16.2. The van der Waals surface area contributed by atoms with Crippen LogP contribution in [0.4, 0.5) is 0 Å². The van der Waals surface area contributed by atoms with E-state index in [1.165, 1.54) is 5.34 Å². The Morgan fingerprint density at radius 2 is 1.60 bits per heavy atom. The van der Waals surface area contributed by atoms with E-state index in [0.717, 1.165) is 0 Å². The van der Waals surface area contributed by atoms with Crippen molar-refractivity contribution in [2.45, 2.75) is 0 Å². The van der Waals surface area contributed by atoms with Gasteiger partial charge in [0.2, 0.25) is 0 Å². The van der Waals surface area contributed by atoms with Gasteiger partial charge in [-0.05, 0) is 0 Å². The molecule has 5 heavy (non-hydrogen) atoms. The first-order chi connectivity index (χ1) is 1.41. The Bertz CT molecular complexity index is 17.1. The van der Waals surface area contributed by atoms with E-state index >= 15 is 0 Å². The summed E-state index contributed by atoms with van der Waals surface area (Å²) in [6.45, 7) is 0. The van der Waals surface area contributed by atoms with Crippen molar-refractivity contribution in [2.75, 3.05) is 0 Å². The monoisotopic (exact) mass is 121 g/mol. The predicted molar refractivity (Wildman–Crippen MR) is 7.58 cm³/mol. The third kappa shape index (κ3) is 33.5. The van der Waals surface area contributed by atoms with Gasteiger partial charge < -0.3 is 17.6 Å². The van der Waals surface area contributed by atoms with Crippen LogP contribution in [0.25, 0.3) is 0 Å². The molecule has 0 aliphatic heterocycles. The molecule has 26 valence electrons. The van der Waals surface area contributed by atoms with Crippen molar-refractivity contribution in [3.63, 3.8) is 0 Å². The Morgan fingerprint density at radius 3 is 1.60 bits per heavy atom. The molecule has 0 bridgehead atoms. The standard InChI is InChI=1S/ClH.K.HNO2/c;;2-1-3/h1H;;(H,2,3)/q;+1;/p-1. The molecule has 1 N–H and O–H groups in total. The van der Waals surface area contributed by atoms with E-state index < -0.39 is 0 Å². The SMILES string of the molecule is O=NO.[Cl-].[K+]. The van der Waals surface area contributed by atoms with E-state index in [-0.39, 0.29) is 63.8 Å². The Hall–Kier alpha value is 1.33. The Balaban J connectivity index is -0.0000000200. The molecule has 5 heteroatoms. The van der Waals surface area contributed by atoms with Crippen molar-refractivity contribution in [1.82, 2.24) is 0 Å². The zero-order chi connectivity index (χ0) is 2.71. The van der Waals surface area contributed by atoms with Crippen molar-refractivity contribution < 1.29 is 69.0 Å². The summed E-state index contributed by atoms with van der Waals surface area (Å²) in [6, 6.07) is 0. The van der Waals surface area contributed by atoms with Crippen molar-refractivity contribution in [3.05, 3.63) is 4.91 Å². The van der Waals surface area contributed by atoms with Gasteiger partial charge in [-0.25, -0.2) is 0 Å². The molecule has 0 aliphatic rings. The van der Waals surface area contributed by atoms with Gasteiger partial charge in [0.05, 0.1) is 0 Å². The number of rotatable bonds is 0. The van der Waals surface area contributed by atoms with Crippen LogP contribution >= 0.6 is 0 Å². The molecular weight excluding hydrogens is 121 g/mol. The van der Waals surface area contributed by atoms with Crippen LogP contribution in [0.15, 0.2) is 5.34 Å². The smallest absolute Gasteiger partial charge is 1.00 e. The van der Waals surface area contributed by atoms with Crippen LogP contribution in [0.3, 0.4) is 0 Å². The van der Waals surface area contributed by atoms with Crippen LogP contribution in [0.2, 0.25) is 0 Å². The second-order valence-corrected chi connectivity index (χ2v) is 0.0816. The molecule has 0 fully saturated rings. The van der Waals surface area contributed by atoms with Gasteiger partial charge in [0, 0.05) is 0 Å². The van der Waals surface area contributed by atoms with E-state index in [1.807, 2.05) is 0 Å². The molecule has 3 nitrogen and oxygen atoms in total. The first-order valence-corrected chi connectivity index (χ1v) is 0.383. The Morgan fingerprint density at radius 1 is 1.60 bits per heavy atom. The molecule has 0 aliphatic carbocycles. The molecular formula is HClKNO2. The number of hydrogen-bond acceptors (Lipinski definition) is 2. The summed E-state index contributed by atoms with van der Waals surface area (Å²) in [5, 5.41) is 7.89. The summed E-state index contributed by atoms with van der Waals surface area (Å²) in [4.78, 5) is 8.11. The molecule has 0 saturated heterocycles. The van der Waals surface area contributed by atoms with E-state index in [1.54, 1.807) is 0 Å². The average molecular weight is 122 g/mol. The van der Waals surface area contributed by atoms with E-state index in [0.29, 0.717) is 0 Å². The van der Waals surface area contributed by atoms with Crippen molar-refractivity contribution in [1.29, 1.82) is 0 Å². The summed E-state index contributed by atoms with van der Waals surface area (Å²) >= 11 is 0. The average Bonchev–Trinajstić information content (AvgIpc) is 0.918. The predicted octanol–water partition coefficient (Wildman–Crippen LogP) is -5.85. The fourth-order valence-electron chi connectivity index (χ4n) is 0. The zero-order valence-electron chi connectivity index (χ0n) is 2.68. The summed E-state index contributed by atoms with van der Waals surface area (Å²) in [6.07, 6.45) is 0. The first-order valence-electron chi connectivity index (χ1n) is 0.383. The van der Waals surface area contributed by atoms with Gasteiger partial charge in [0.25, 0.3) is 0 Å². The second kappa shape index (κ2) is 18.4. The molecule has 0 aromatic carbocycles. The maximum Gasteiger partial charge on any atom is 1.00 e. The maximum atomic E-state index is 8.11. The van der Waals surface area contributed by atoms with Gasteiger partial charge in [-0.1, -0.05) is 0 Å². The second-order valence-electron chi connectivity index (χ2n) is 0.0816. The van der Waals surface area contributed by atoms with E-state index in [2.05, 4.69) is 0 Å². The molecule has 0 aromatic rings. The Labute approximate surface area is 77.9 Å². The normalized spacial score (nSPS) is 2.40. The Kier molecular flexibility index (Phi) is 59.8. The summed E-state index contributed by atoms with van der Waals surface area (Å²) in [5.41, 5.74) is 0. The largest absolute Gasteiger partial charge is 1.00 e. The van der Waals surface area contributed by atoms with Crippen LogP contribution in [-0.2, 0) is 0 Å². The van der Waals surface area contributed by atoms with Gasteiger partial charge >= 0.3 is 51.4 Å². The van der Waals surface area contributed by atoms with Crippen LogP contribution in [-0.4, -0.2) is 5.21 Å². The molecule has 0 heterocycles. The number of hydrogen-bond donors (Lipinski definition) is 1. The molecule has 0 atom stereocenters. The van der Waals surface area contributed by atoms with Crippen molar-refractivity contribution >= 4 is 0 Å². The molecule has 0 amide bonds. The molecule has 0 aromatic heterocycles. The van der Waals surface area contributed by atoms with Crippen molar-refractivity contribution in [2.24, 2.45) is 5.34 Å². The van der Waals surface area contributed by atoms with Crippen LogP contribution in [0.1, 0.15) is 0 Å². The van der Waals surface area contributed by atoms with Crippen molar-refractivity contribution in [3.8, 4) is 0 Å². The minimum absolute atomic E-state index is 0. The minimum Gasteiger partial charge on any atom is -1.00 e. The molecule has 0 rings (SSSR count). The molecule has 0 unspecified atom stereocenters. The summed E-state index contributed by atoms with van der Waals surface area (Å²) in [7, 11) is 0. The number of nitrogens with zero attached hydrogens (tertiary/aromatic N) is 1. The topological polar surface area (TPSA) is 49.7 Å². The zero-order valence-corrected chi connectivity index (χ0v) is 6.56. The maximum absolute atomic E-state index is 8.11. The van der Waals surface area contributed by atoms with Gasteiger partial charge in [-0.2, -0.15) is 0 Å². The third-order valence-electron chi connectivity index (χ3n) is 0. The minimum atomic E-state index is 0. The number of halogens is 1. The summed E-state index contributed by atoms with van der Waals surface area (Å²) in [5.74, 6) is 0. The van der Waals surface area contributed by atoms with Crippen LogP contribution in [0, 0.1) is 4.91 Å². The van der Waals surface area contributed by atoms with Gasteiger partial charge in [0.1, 0.15) is 0 Å². The fourth-order valence-corrected chi connectivity index (χ4v) is 0.